The minimum absolute atomic E-state index is 0.508. The van der Waals surface area contributed by atoms with Crippen LogP contribution >= 0.6 is 0 Å². The average Bonchev–Trinajstić information content (AvgIpc) is 1.97. The van der Waals surface area contributed by atoms with E-state index in [1.165, 1.54) is 0 Å². The highest BCUT2D eigenvalue weighted by atomic mass is 15.0. The molecule has 66 valence electrons. The fourth-order valence-electron chi connectivity index (χ4n) is 0.732. The molecule has 0 aliphatic carbocycles. The van der Waals surface area contributed by atoms with Gasteiger partial charge in [-0.25, -0.2) is 0 Å². The Hall–Kier alpha value is -0.500. The Labute approximate surface area is 70.1 Å². The van der Waals surface area contributed by atoms with E-state index in [1.54, 1.807) is 0 Å². The largest absolute Gasteiger partial charge is 0.387 e. The molecule has 0 bridgehead atoms. The first-order valence-corrected chi connectivity index (χ1v) is 4.27. The molecule has 0 aliphatic rings. The molecule has 0 saturated heterocycles. The minimum atomic E-state index is 0.508. The number of hydrogen-bond donors (Lipinski definition) is 2. The van der Waals surface area contributed by atoms with Crippen molar-refractivity contribution >= 4 is 0 Å². The summed E-state index contributed by atoms with van der Waals surface area (Å²) in [7, 11) is 0. The topological polar surface area (TPSA) is 24.1 Å². The van der Waals surface area contributed by atoms with Gasteiger partial charge in [-0.3, -0.25) is 0 Å². The van der Waals surface area contributed by atoms with Gasteiger partial charge < -0.3 is 10.6 Å². The van der Waals surface area contributed by atoms with Crippen molar-refractivity contribution in [3.8, 4) is 0 Å². The van der Waals surface area contributed by atoms with Crippen molar-refractivity contribution < 1.29 is 0 Å². The summed E-state index contributed by atoms with van der Waals surface area (Å²) >= 11 is 0. The molecule has 1 atom stereocenters. The molecule has 1 unspecified atom stereocenters. The van der Waals surface area contributed by atoms with Gasteiger partial charge >= 0.3 is 0 Å². The van der Waals surface area contributed by atoms with Crippen LogP contribution < -0.4 is 10.6 Å². The third kappa shape index (κ3) is 7.40. The Morgan fingerprint density at radius 2 is 1.91 bits per heavy atom. The molecule has 0 amide bonds. The molecule has 0 aromatic rings. The summed E-state index contributed by atoms with van der Waals surface area (Å²) in [6.07, 6.45) is 3.98. The summed E-state index contributed by atoms with van der Waals surface area (Å²) in [5.74, 6) is 0. The van der Waals surface area contributed by atoms with Crippen molar-refractivity contribution in [1.82, 2.24) is 10.6 Å². The SMILES string of the molecule is C/C=C\NC(C)CNC(C)C. The quantitative estimate of drug-likeness (QED) is 0.630. The Balaban J connectivity index is 3.29. The van der Waals surface area contributed by atoms with Crippen molar-refractivity contribution in [3.63, 3.8) is 0 Å². The summed E-state index contributed by atoms with van der Waals surface area (Å²) in [4.78, 5) is 0. The first kappa shape index (κ1) is 10.5. The van der Waals surface area contributed by atoms with Crippen molar-refractivity contribution in [3.05, 3.63) is 12.3 Å². The molecular formula is C9H20N2. The van der Waals surface area contributed by atoms with Gasteiger partial charge in [0, 0.05) is 18.6 Å². The van der Waals surface area contributed by atoms with Gasteiger partial charge in [-0.15, -0.1) is 0 Å². The lowest BCUT2D eigenvalue weighted by Crippen LogP contribution is -2.36. The fraction of sp³-hybridized carbons (Fsp3) is 0.778. The van der Waals surface area contributed by atoms with E-state index in [1.807, 2.05) is 19.2 Å². The molecule has 2 N–H and O–H groups in total. The Morgan fingerprint density at radius 3 is 2.36 bits per heavy atom. The van der Waals surface area contributed by atoms with Gasteiger partial charge in [0.1, 0.15) is 0 Å². The number of nitrogens with one attached hydrogen (secondary N) is 2. The molecule has 0 radical (unpaired) electrons. The standard InChI is InChI=1S/C9H20N2/c1-5-6-10-9(4)7-11-8(2)3/h5-6,8-11H,7H2,1-4H3/b6-5-. The van der Waals surface area contributed by atoms with Crippen LogP contribution in [0.4, 0.5) is 0 Å². The zero-order valence-corrected chi connectivity index (χ0v) is 8.02. The number of rotatable bonds is 5. The van der Waals surface area contributed by atoms with Crippen LogP contribution in [0.25, 0.3) is 0 Å². The van der Waals surface area contributed by atoms with E-state index in [0.717, 1.165) is 6.54 Å². The van der Waals surface area contributed by atoms with Gasteiger partial charge in [-0.05, 0) is 20.0 Å². The second-order valence-electron chi connectivity index (χ2n) is 3.13. The van der Waals surface area contributed by atoms with Crippen LogP contribution in [0, 0.1) is 0 Å². The molecule has 2 heteroatoms. The van der Waals surface area contributed by atoms with Crippen molar-refractivity contribution in [2.24, 2.45) is 0 Å². The Bertz CT molecular complexity index is 108. The smallest absolute Gasteiger partial charge is 0.0352 e. The molecule has 11 heavy (non-hydrogen) atoms. The lowest BCUT2D eigenvalue weighted by Gasteiger charge is -2.14. The molecule has 0 saturated carbocycles. The Morgan fingerprint density at radius 1 is 1.27 bits per heavy atom. The third-order valence-electron chi connectivity index (χ3n) is 1.38. The molecular weight excluding hydrogens is 136 g/mol. The van der Waals surface area contributed by atoms with Crippen LogP contribution in [0.15, 0.2) is 12.3 Å². The highest BCUT2D eigenvalue weighted by molar-refractivity contribution is 4.78. The molecule has 0 heterocycles. The molecule has 2 nitrogen and oxygen atoms in total. The molecule has 0 spiro atoms. The Kier molecular flexibility index (Phi) is 5.94. The van der Waals surface area contributed by atoms with Crippen LogP contribution in [0.5, 0.6) is 0 Å². The molecule has 0 aromatic heterocycles. The van der Waals surface area contributed by atoms with E-state index in [0.29, 0.717) is 12.1 Å². The summed E-state index contributed by atoms with van der Waals surface area (Å²) in [5.41, 5.74) is 0. The fourth-order valence-corrected chi connectivity index (χ4v) is 0.732. The molecule has 0 rings (SSSR count). The molecule has 0 fully saturated rings. The number of allylic oxidation sites excluding steroid dienone is 1. The monoisotopic (exact) mass is 156 g/mol. The number of hydrogen-bond acceptors (Lipinski definition) is 2. The van der Waals surface area contributed by atoms with Gasteiger partial charge in [0.05, 0.1) is 0 Å². The van der Waals surface area contributed by atoms with Crippen LogP contribution in [0.3, 0.4) is 0 Å². The van der Waals surface area contributed by atoms with E-state index in [9.17, 15) is 0 Å². The van der Waals surface area contributed by atoms with E-state index in [-0.39, 0.29) is 0 Å². The highest BCUT2D eigenvalue weighted by Crippen LogP contribution is 1.81. The highest BCUT2D eigenvalue weighted by Gasteiger charge is 1.97. The normalized spacial score (nSPS) is 14.3. The van der Waals surface area contributed by atoms with Gasteiger partial charge in [-0.2, -0.15) is 0 Å². The predicted octanol–water partition coefficient (Wildman–Crippen LogP) is 1.50. The summed E-state index contributed by atoms with van der Waals surface area (Å²) < 4.78 is 0. The van der Waals surface area contributed by atoms with Crippen LogP contribution in [0.2, 0.25) is 0 Å². The zero-order valence-electron chi connectivity index (χ0n) is 8.02. The van der Waals surface area contributed by atoms with Crippen molar-refractivity contribution in [2.75, 3.05) is 6.54 Å². The second kappa shape index (κ2) is 6.23. The molecule has 0 aliphatic heterocycles. The van der Waals surface area contributed by atoms with E-state index in [2.05, 4.69) is 31.4 Å². The summed E-state index contributed by atoms with van der Waals surface area (Å²) in [5, 5.41) is 6.60. The van der Waals surface area contributed by atoms with Gasteiger partial charge in [0.2, 0.25) is 0 Å². The van der Waals surface area contributed by atoms with Crippen LogP contribution in [0.1, 0.15) is 27.7 Å². The lowest BCUT2D eigenvalue weighted by atomic mass is 10.3. The van der Waals surface area contributed by atoms with Gasteiger partial charge in [0.25, 0.3) is 0 Å². The lowest BCUT2D eigenvalue weighted by molar-refractivity contribution is 0.512. The maximum absolute atomic E-state index is 3.36. The van der Waals surface area contributed by atoms with Crippen LogP contribution in [-0.4, -0.2) is 18.6 Å². The van der Waals surface area contributed by atoms with E-state index in [4.69, 9.17) is 0 Å². The van der Waals surface area contributed by atoms with E-state index < -0.39 is 0 Å². The predicted molar refractivity (Wildman–Crippen MR) is 50.6 cm³/mol. The average molecular weight is 156 g/mol. The van der Waals surface area contributed by atoms with Crippen molar-refractivity contribution in [1.29, 1.82) is 0 Å². The minimum Gasteiger partial charge on any atom is -0.387 e. The van der Waals surface area contributed by atoms with Crippen LogP contribution in [-0.2, 0) is 0 Å². The summed E-state index contributed by atoms with van der Waals surface area (Å²) in [6.45, 7) is 9.50. The maximum Gasteiger partial charge on any atom is 0.0352 e. The first-order chi connectivity index (χ1) is 5.16. The van der Waals surface area contributed by atoms with E-state index >= 15 is 0 Å². The first-order valence-electron chi connectivity index (χ1n) is 4.27. The molecule has 0 aromatic carbocycles. The second-order valence-corrected chi connectivity index (χ2v) is 3.13. The summed E-state index contributed by atoms with van der Waals surface area (Å²) in [6, 6.07) is 1.08. The third-order valence-corrected chi connectivity index (χ3v) is 1.38. The van der Waals surface area contributed by atoms with Gasteiger partial charge in [0.15, 0.2) is 0 Å². The van der Waals surface area contributed by atoms with Gasteiger partial charge in [-0.1, -0.05) is 19.9 Å². The zero-order chi connectivity index (χ0) is 8.69. The maximum atomic E-state index is 3.36. The van der Waals surface area contributed by atoms with Crippen molar-refractivity contribution in [2.45, 2.75) is 39.8 Å².